The van der Waals surface area contributed by atoms with E-state index in [1.807, 2.05) is 24.3 Å². The number of hydrogen-bond acceptors (Lipinski definition) is 4. The highest BCUT2D eigenvalue weighted by atomic mass is 16.1. The summed E-state index contributed by atoms with van der Waals surface area (Å²) >= 11 is 0. The molecule has 0 aliphatic carbocycles. The first-order valence-electron chi connectivity index (χ1n) is 4.10. The fraction of sp³-hybridized carbons (Fsp3) is 0.222. The van der Waals surface area contributed by atoms with E-state index >= 15 is 0 Å². The Morgan fingerprint density at radius 3 is 3.00 bits per heavy atom. The predicted molar refractivity (Wildman–Crippen MR) is 49.9 cm³/mol. The molecule has 0 amide bonds. The molecule has 0 saturated heterocycles. The number of fused-ring (bicyclic) bond motifs is 1. The van der Waals surface area contributed by atoms with Crippen molar-refractivity contribution in [2.75, 3.05) is 5.32 Å². The molecule has 0 fully saturated rings. The standard InChI is InChI=1S/C9H11N3O/c10-9(6-13)11-5-7-3-1-2-4-8(7)12-9/h1-4,6,11-12H,5,10H2. The van der Waals surface area contributed by atoms with Crippen molar-refractivity contribution in [2.45, 2.75) is 12.3 Å². The van der Waals surface area contributed by atoms with Gasteiger partial charge in [-0.2, -0.15) is 0 Å². The molecular formula is C9H11N3O. The van der Waals surface area contributed by atoms with E-state index in [2.05, 4.69) is 10.6 Å². The van der Waals surface area contributed by atoms with E-state index in [1.165, 1.54) is 0 Å². The van der Waals surface area contributed by atoms with Crippen LogP contribution in [0.2, 0.25) is 0 Å². The Morgan fingerprint density at radius 1 is 1.46 bits per heavy atom. The number of aldehydes is 1. The lowest BCUT2D eigenvalue weighted by Crippen LogP contribution is -2.62. The summed E-state index contributed by atoms with van der Waals surface area (Å²) in [6, 6.07) is 7.75. The van der Waals surface area contributed by atoms with Gasteiger partial charge in [-0.1, -0.05) is 18.2 Å². The summed E-state index contributed by atoms with van der Waals surface area (Å²) in [7, 11) is 0. The highest BCUT2D eigenvalue weighted by Gasteiger charge is 2.27. The summed E-state index contributed by atoms with van der Waals surface area (Å²) in [5, 5.41) is 5.82. The highest BCUT2D eigenvalue weighted by molar-refractivity contribution is 5.71. The molecule has 13 heavy (non-hydrogen) atoms. The first-order chi connectivity index (χ1) is 6.23. The van der Waals surface area contributed by atoms with Gasteiger partial charge < -0.3 is 5.32 Å². The Balaban J connectivity index is 2.34. The zero-order chi connectivity index (χ0) is 9.31. The average molecular weight is 177 g/mol. The Labute approximate surface area is 76.1 Å². The van der Waals surface area contributed by atoms with Crippen LogP contribution in [0.25, 0.3) is 0 Å². The summed E-state index contributed by atoms with van der Waals surface area (Å²) in [5.74, 6) is -1.12. The van der Waals surface area contributed by atoms with Crippen LogP contribution in [0.5, 0.6) is 0 Å². The zero-order valence-electron chi connectivity index (χ0n) is 7.08. The van der Waals surface area contributed by atoms with Gasteiger partial charge >= 0.3 is 0 Å². The SMILES string of the molecule is NC1(C=O)NCc2ccccc2N1. The minimum absolute atomic E-state index is 0.610. The first kappa shape index (κ1) is 8.22. The van der Waals surface area contributed by atoms with Crippen LogP contribution < -0.4 is 16.4 Å². The molecule has 68 valence electrons. The van der Waals surface area contributed by atoms with E-state index in [-0.39, 0.29) is 0 Å². The van der Waals surface area contributed by atoms with Gasteiger partial charge in [-0.15, -0.1) is 0 Å². The smallest absolute Gasteiger partial charge is 0.199 e. The van der Waals surface area contributed by atoms with Gasteiger partial charge in [0.05, 0.1) is 0 Å². The lowest BCUT2D eigenvalue weighted by Gasteiger charge is -2.32. The van der Waals surface area contributed by atoms with Gasteiger partial charge in [0.15, 0.2) is 12.1 Å². The molecule has 1 atom stereocenters. The van der Waals surface area contributed by atoms with Crippen molar-refractivity contribution in [3.05, 3.63) is 29.8 Å². The topological polar surface area (TPSA) is 67.2 Å². The van der Waals surface area contributed by atoms with Crippen molar-refractivity contribution in [1.82, 2.24) is 5.32 Å². The predicted octanol–water partition coefficient (Wildman–Crippen LogP) is 0.0131. The zero-order valence-corrected chi connectivity index (χ0v) is 7.08. The van der Waals surface area contributed by atoms with E-state index in [0.717, 1.165) is 11.3 Å². The Bertz CT molecular complexity index is 339. The van der Waals surface area contributed by atoms with Crippen molar-refractivity contribution in [2.24, 2.45) is 5.73 Å². The average Bonchev–Trinajstić information content (AvgIpc) is 2.18. The number of nitrogens with two attached hydrogens (primary N) is 1. The minimum Gasteiger partial charge on any atom is -0.349 e. The third-order valence-corrected chi connectivity index (χ3v) is 2.12. The summed E-state index contributed by atoms with van der Waals surface area (Å²) in [5.41, 5.74) is 7.71. The number of rotatable bonds is 1. The first-order valence-corrected chi connectivity index (χ1v) is 4.10. The van der Waals surface area contributed by atoms with Crippen molar-refractivity contribution >= 4 is 12.0 Å². The molecule has 0 aromatic heterocycles. The van der Waals surface area contributed by atoms with E-state index in [9.17, 15) is 4.79 Å². The lowest BCUT2D eigenvalue weighted by molar-refractivity contribution is -0.112. The fourth-order valence-corrected chi connectivity index (χ4v) is 1.38. The maximum Gasteiger partial charge on any atom is 0.199 e. The molecule has 4 N–H and O–H groups in total. The van der Waals surface area contributed by atoms with Crippen LogP contribution in [-0.2, 0) is 11.3 Å². The molecular weight excluding hydrogens is 166 g/mol. The second-order valence-corrected chi connectivity index (χ2v) is 3.12. The largest absolute Gasteiger partial charge is 0.349 e. The number of benzene rings is 1. The molecule has 0 radical (unpaired) electrons. The number of nitrogens with one attached hydrogen (secondary N) is 2. The van der Waals surface area contributed by atoms with Crippen LogP contribution in [0.1, 0.15) is 5.56 Å². The number of anilines is 1. The van der Waals surface area contributed by atoms with Crippen molar-refractivity contribution in [3.63, 3.8) is 0 Å². The van der Waals surface area contributed by atoms with Gasteiger partial charge in [-0.3, -0.25) is 15.8 Å². The van der Waals surface area contributed by atoms with Gasteiger partial charge in [0, 0.05) is 12.2 Å². The third kappa shape index (κ3) is 1.41. The van der Waals surface area contributed by atoms with E-state index in [4.69, 9.17) is 5.73 Å². The fourth-order valence-electron chi connectivity index (χ4n) is 1.38. The number of carbonyl (C=O) groups is 1. The van der Waals surface area contributed by atoms with Crippen molar-refractivity contribution in [1.29, 1.82) is 0 Å². The van der Waals surface area contributed by atoms with Gasteiger partial charge in [0.25, 0.3) is 0 Å². The van der Waals surface area contributed by atoms with Gasteiger partial charge in [-0.25, -0.2) is 0 Å². The lowest BCUT2D eigenvalue weighted by atomic mass is 10.1. The molecule has 0 spiro atoms. The number of carbonyl (C=O) groups excluding carboxylic acids is 1. The van der Waals surface area contributed by atoms with Crippen LogP contribution in [-0.4, -0.2) is 12.1 Å². The maximum atomic E-state index is 10.6. The summed E-state index contributed by atoms with van der Waals surface area (Å²) < 4.78 is 0. The number of hydrogen-bond donors (Lipinski definition) is 3. The van der Waals surface area contributed by atoms with Crippen LogP contribution in [0.4, 0.5) is 5.69 Å². The highest BCUT2D eigenvalue weighted by Crippen LogP contribution is 2.20. The van der Waals surface area contributed by atoms with Crippen molar-refractivity contribution in [3.8, 4) is 0 Å². The van der Waals surface area contributed by atoms with Crippen molar-refractivity contribution < 1.29 is 4.79 Å². The Morgan fingerprint density at radius 2 is 2.23 bits per heavy atom. The molecule has 1 unspecified atom stereocenters. The molecule has 1 aromatic rings. The third-order valence-electron chi connectivity index (χ3n) is 2.12. The number of para-hydroxylation sites is 1. The molecule has 1 heterocycles. The van der Waals surface area contributed by atoms with E-state index in [0.29, 0.717) is 12.8 Å². The maximum absolute atomic E-state index is 10.6. The monoisotopic (exact) mass is 177 g/mol. The van der Waals surface area contributed by atoms with Crippen LogP contribution >= 0.6 is 0 Å². The molecule has 4 heteroatoms. The van der Waals surface area contributed by atoms with Crippen LogP contribution in [0, 0.1) is 0 Å². The molecule has 1 aromatic carbocycles. The van der Waals surface area contributed by atoms with E-state index < -0.39 is 5.79 Å². The Kier molecular flexibility index (Phi) is 1.79. The second kappa shape index (κ2) is 2.83. The van der Waals surface area contributed by atoms with Gasteiger partial charge in [0.1, 0.15) is 0 Å². The van der Waals surface area contributed by atoms with E-state index in [1.54, 1.807) is 0 Å². The molecule has 2 rings (SSSR count). The van der Waals surface area contributed by atoms with Gasteiger partial charge in [0.2, 0.25) is 0 Å². The molecule has 1 aliphatic heterocycles. The molecule has 0 bridgehead atoms. The summed E-state index contributed by atoms with van der Waals surface area (Å²) in [4.78, 5) is 10.6. The second-order valence-electron chi connectivity index (χ2n) is 3.12. The minimum atomic E-state index is -1.12. The van der Waals surface area contributed by atoms with Crippen LogP contribution in [0.15, 0.2) is 24.3 Å². The summed E-state index contributed by atoms with van der Waals surface area (Å²) in [6.45, 7) is 0.610. The quantitative estimate of drug-likeness (QED) is 0.529. The summed E-state index contributed by atoms with van der Waals surface area (Å²) in [6.07, 6.45) is 0.670. The molecule has 1 aliphatic rings. The molecule has 4 nitrogen and oxygen atoms in total. The Hall–Kier alpha value is -1.39. The van der Waals surface area contributed by atoms with Crippen LogP contribution in [0.3, 0.4) is 0 Å². The normalized spacial score (nSPS) is 25.9. The molecule has 0 saturated carbocycles. The van der Waals surface area contributed by atoms with Gasteiger partial charge in [-0.05, 0) is 11.6 Å².